The number of halogens is 5. The van der Waals surface area contributed by atoms with Gasteiger partial charge in [0.25, 0.3) is 0 Å². The topological polar surface area (TPSA) is 37.4 Å². The Morgan fingerprint density at radius 1 is 0.880 bits per heavy atom. The molecule has 0 aliphatic rings. The van der Waals surface area contributed by atoms with Gasteiger partial charge in [0, 0.05) is 18.5 Å². The standard InChI is InChI=1S/C15H12F5NO2S2/c1-21(7-8-3-5-9(24-2)6-4-8)25(22,23)15-13(19)11(17)10(16)12(18)14(15)20/h3-6H,7H2,1-2H3. The zero-order valence-electron chi connectivity index (χ0n) is 13.0. The van der Waals surface area contributed by atoms with Crippen LogP contribution in [0.5, 0.6) is 0 Å². The summed E-state index contributed by atoms with van der Waals surface area (Å²) in [5, 5.41) is 0. The van der Waals surface area contributed by atoms with Crippen molar-refractivity contribution in [2.24, 2.45) is 0 Å². The summed E-state index contributed by atoms with van der Waals surface area (Å²) in [7, 11) is -3.96. The first-order chi connectivity index (χ1) is 11.6. The average Bonchev–Trinajstić information content (AvgIpc) is 2.58. The molecular formula is C15H12F5NO2S2. The van der Waals surface area contributed by atoms with E-state index in [-0.39, 0.29) is 6.54 Å². The second kappa shape index (κ2) is 7.30. The number of thioether (sulfide) groups is 1. The van der Waals surface area contributed by atoms with Crippen LogP contribution >= 0.6 is 11.8 Å². The van der Waals surface area contributed by atoms with E-state index in [4.69, 9.17) is 0 Å². The first kappa shape index (κ1) is 19.7. The molecule has 0 saturated carbocycles. The molecule has 136 valence electrons. The maximum Gasteiger partial charge on any atom is 0.249 e. The molecule has 25 heavy (non-hydrogen) atoms. The Balaban J connectivity index is 2.44. The highest BCUT2D eigenvalue weighted by Gasteiger charge is 2.35. The zero-order chi connectivity index (χ0) is 18.9. The number of nitrogens with zero attached hydrogens (tertiary/aromatic N) is 1. The molecule has 0 aromatic heterocycles. The number of sulfonamides is 1. The van der Waals surface area contributed by atoms with E-state index in [0.717, 1.165) is 11.9 Å². The smallest absolute Gasteiger partial charge is 0.207 e. The first-order valence-electron chi connectivity index (χ1n) is 6.72. The predicted octanol–water partition coefficient (Wildman–Crippen LogP) is 3.92. The third-order valence-corrected chi connectivity index (χ3v) is 5.97. The van der Waals surface area contributed by atoms with Gasteiger partial charge in [0.05, 0.1) is 0 Å². The van der Waals surface area contributed by atoms with Gasteiger partial charge in [-0.15, -0.1) is 11.8 Å². The van der Waals surface area contributed by atoms with E-state index < -0.39 is 44.0 Å². The van der Waals surface area contributed by atoms with Gasteiger partial charge in [0.2, 0.25) is 15.8 Å². The SMILES string of the molecule is CSc1ccc(CN(C)S(=O)(=O)c2c(F)c(F)c(F)c(F)c2F)cc1. The predicted molar refractivity (Wildman–Crippen MR) is 83.1 cm³/mol. The third kappa shape index (κ3) is 3.65. The number of hydrogen-bond acceptors (Lipinski definition) is 3. The Morgan fingerprint density at radius 2 is 1.32 bits per heavy atom. The monoisotopic (exact) mass is 397 g/mol. The lowest BCUT2D eigenvalue weighted by Crippen LogP contribution is -2.29. The molecule has 0 unspecified atom stereocenters. The molecule has 0 radical (unpaired) electrons. The van der Waals surface area contributed by atoms with Crippen LogP contribution < -0.4 is 0 Å². The van der Waals surface area contributed by atoms with Gasteiger partial charge < -0.3 is 0 Å². The van der Waals surface area contributed by atoms with Crippen molar-refractivity contribution < 1.29 is 30.4 Å². The lowest BCUT2D eigenvalue weighted by molar-refractivity contribution is 0.352. The Morgan fingerprint density at radius 3 is 1.76 bits per heavy atom. The molecule has 0 bridgehead atoms. The second-order valence-corrected chi connectivity index (χ2v) is 7.87. The minimum absolute atomic E-state index is 0.309. The molecule has 0 saturated heterocycles. The summed E-state index contributed by atoms with van der Waals surface area (Å²) in [6.45, 7) is -0.309. The highest BCUT2D eigenvalue weighted by atomic mass is 32.2. The number of hydrogen-bond donors (Lipinski definition) is 0. The van der Waals surface area contributed by atoms with Crippen molar-refractivity contribution in [2.45, 2.75) is 16.3 Å². The van der Waals surface area contributed by atoms with Gasteiger partial charge >= 0.3 is 0 Å². The van der Waals surface area contributed by atoms with Gasteiger partial charge in [-0.1, -0.05) is 12.1 Å². The Kier molecular flexibility index (Phi) is 5.75. The van der Waals surface area contributed by atoms with Gasteiger partial charge in [-0.05, 0) is 24.0 Å². The minimum atomic E-state index is -4.94. The molecule has 0 heterocycles. The normalized spacial score (nSPS) is 12.0. The fourth-order valence-corrected chi connectivity index (χ4v) is 3.71. The van der Waals surface area contributed by atoms with Crippen molar-refractivity contribution in [3.05, 3.63) is 58.9 Å². The summed E-state index contributed by atoms with van der Waals surface area (Å²) < 4.78 is 92.2. The molecule has 3 nitrogen and oxygen atoms in total. The molecule has 0 aliphatic heterocycles. The third-order valence-electron chi connectivity index (χ3n) is 3.40. The van der Waals surface area contributed by atoms with Gasteiger partial charge in [0.15, 0.2) is 28.2 Å². The molecule has 0 N–H and O–H groups in total. The largest absolute Gasteiger partial charge is 0.249 e. The van der Waals surface area contributed by atoms with Crippen LogP contribution in [0.15, 0.2) is 34.1 Å². The van der Waals surface area contributed by atoms with E-state index >= 15 is 0 Å². The Labute approximate surface area is 145 Å². The quantitative estimate of drug-likeness (QED) is 0.332. The molecular weight excluding hydrogens is 385 g/mol. The fourth-order valence-electron chi connectivity index (χ4n) is 2.04. The molecule has 2 aromatic carbocycles. The highest BCUT2D eigenvalue weighted by molar-refractivity contribution is 7.98. The summed E-state index contributed by atoms with van der Waals surface area (Å²) in [5.41, 5.74) is 0.479. The maximum absolute atomic E-state index is 13.8. The van der Waals surface area contributed by atoms with E-state index in [1.165, 1.54) is 11.8 Å². The van der Waals surface area contributed by atoms with Crippen LogP contribution in [0.4, 0.5) is 22.0 Å². The fraction of sp³-hybridized carbons (Fsp3) is 0.200. The van der Waals surface area contributed by atoms with Crippen LogP contribution in [0.2, 0.25) is 0 Å². The molecule has 10 heteroatoms. The summed E-state index contributed by atoms with van der Waals surface area (Å²) in [6, 6.07) is 6.60. The maximum atomic E-state index is 13.8. The van der Waals surface area contributed by atoms with Gasteiger partial charge in [-0.3, -0.25) is 0 Å². The summed E-state index contributed by atoms with van der Waals surface area (Å²) in [6.07, 6.45) is 1.84. The summed E-state index contributed by atoms with van der Waals surface area (Å²) in [4.78, 5) is -0.957. The van der Waals surface area contributed by atoms with E-state index in [9.17, 15) is 30.4 Å². The van der Waals surface area contributed by atoms with Crippen LogP contribution in [-0.2, 0) is 16.6 Å². The molecule has 2 rings (SSSR count). The van der Waals surface area contributed by atoms with E-state index in [2.05, 4.69) is 0 Å². The molecule has 0 atom stereocenters. The molecule has 0 spiro atoms. The second-order valence-electron chi connectivity index (χ2n) is 5.01. The Hall–Kier alpha value is -1.65. The molecule has 0 fully saturated rings. The van der Waals surface area contributed by atoms with Crippen LogP contribution in [0, 0.1) is 29.1 Å². The average molecular weight is 397 g/mol. The van der Waals surface area contributed by atoms with Crippen molar-refractivity contribution in [3.63, 3.8) is 0 Å². The lowest BCUT2D eigenvalue weighted by Gasteiger charge is -2.18. The van der Waals surface area contributed by atoms with Crippen LogP contribution in [0.1, 0.15) is 5.56 Å². The van der Waals surface area contributed by atoms with Crippen molar-refractivity contribution >= 4 is 21.8 Å². The van der Waals surface area contributed by atoms with Crippen LogP contribution in [0.3, 0.4) is 0 Å². The van der Waals surface area contributed by atoms with E-state index in [1.54, 1.807) is 24.3 Å². The van der Waals surface area contributed by atoms with Gasteiger partial charge in [-0.25, -0.2) is 30.4 Å². The Bertz CT molecular complexity index is 872. The highest BCUT2D eigenvalue weighted by Crippen LogP contribution is 2.29. The van der Waals surface area contributed by atoms with Crippen molar-refractivity contribution in [2.75, 3.05) is 13.3 Å². The number of benzene rings is 2. The van der Waals surface area contributed by atoms with Gasteiger partial charge in [-0.2, -0.15) is 4.31 Å². The van der Waals surface area contributed by atoms with Crippen LogP contribution in [-0.4, -0.2) is 26.0 Å². The summed E-state index contributed by atoms with van der Waals surface area (Å²) in [5.74, 6) is -11.8. The summed E-state index contributed by atoms with van der Waals surface area (Å²) >= 11 is 1.46. The molecule has 2 aromatic rings. The van der Waals surface area contributed by atoms with E-state index in [1.807, 2.05) is 6.26 Å². The van der Waals surface area contributed by atoms with Crippen molar-refractivity contribution in [1.82, 2.24) is 4.31 Å². The first-order valence-corrected chi connectivity index (χ1v) is 9.38. The van der Waals surface area contributed by atoms with E-state index in [0.29, 0.717) is 9.87 Å². The zero-order valence-corrected chi connectivity index (χ0v) is 14.6. The van der Waals surface area contributed by atoms with Crippen molar-refractivity contribution in [1.29, 1.82) is 0 Å². The molecule has 0 amide bonds. The van der Waals surface area contributed by atoms with Crippen LogP contribution in [0.25, 0.3) is 0 Å². The lowest BCUT2D eigenvalue weighted by atomic mass is 10.2. The van der Waals surface area contributed by atoms with Gasteiger partial charge in [0.1, 0.15) is 0 Å². The minimum Gasteiger partial charge on any atom is -0.207 e. The number of rotatable bonds is 5. The van der Waals surface area contributed by atoms with Crippen molar-refractivity contribution in [3.8, 4) is 0 Å². The molecule has 0 aliphatic carbocycles.